The molecule has 0 saturated carbocycles. The maximum absolute atomic E-state index is 13.8. The number of carbonyl (C=O) groups is 2. The zero-order chi connectivity index (χ0) is 29.1. The lowest BCUT2D eigenvalue weighted by Crippen LogP contribution is -2.53. The summed E-state index contributed by atoms with van der Waals surface area (Å²) < 4.78 is 65.6. The van der Waals surface area contributed by atoms with Gasteiger partial charge in [0, 0.05) is 18.5 Å². The van der Waals surface area contributed by atoms with Crippen LogP contribution in [0.5, 0.6) is 0 Å². The number of sulfone groups is 1. The van der Waals surface area contributed by atoms with Gasteiger partial charge < -0.3 is 15.3 Å². The van der Waals surface area contributed by atoms with E-state index in [1.807, 2.05) is 12.1 Å². The predicted molar refractivity (Wildman–Crippen MR) is 131 cm³/mol. The van der Waals surface area contributed by atoms with Crippen LogP contribution < -0.4 is 10.2 Å². The van der Waals surface area contributed by atoms with Crippen LogP contribution in [0.25, 0.3) is 0 Å². The lowest BCUT2D eigenvalue weighted by atomic mass is 9.92. The molecular formula is C25H22F3N5O5S. The normalized spacial score (nSPS) is 16.1. The van der Waals surface area contributed by atoms with Gasteiger partial charge >= 0.3 is 12.2 Å². The number of aliphatic hydroxyl groups excluding tert-OH is 1. The van der Waals surface area contributed by atoms with Crippen molar-refractivity contribution in [2.24, 2.45) is 0 Å². The number of hydrogen-bond acceptors (Lipinski definition) is 7. The molecule has 1 aliphatic rings. The fourth-order valence-corrected chi connectivity index (χ4v) is 5.11. The Morgan fingerprint density at radius 1 is 1.15 bits per heavy atom. The smallest absolute Gasteiger partial charge is 0.395 e. The summed E-state index contributed by atoms with van der Waals surface area (Å²) in [7, 11) is -4.03. The molecule has 0 unspecified atom stereocenters. The molecule has 0 fully saturated rings. The molecule has 2 aromatic carbocycles. The van der Waals surface area contributed by atoms with Crippen LogP contribution in [0, 0.1) is 22.7 Å². The van der Waals surface area contributed by atoms with Crippen LogP contribution in [0.1, 0.15) is 29.7 Å². The molecule has 10 nitrogen and oxygen atoms in total. The molecule has 204 valence electrons. The van der Waals surface area contributed by atoms with E-state index < -0.39 is 52.7 Å². The molecule has 1 heterocycles. The summed E-state index contributed by atoms with van der Waals surface area (Å²) in [6.45, 7) is -0.0125. The quantitative estimate of drug-likeness (QED) is 0.527. The van der Waals surface area contributed by atoms with Gasteiger partial charge in [-0.2, -0.15) is 23.7 Å². The first-order valence-corrected chi connectivity index (χ1v) is 13.1. The van der Waals surface area contributed by atoms with E-state index in [1.54, 1.807) is 0 Å². The van der Waals surface area contributed by atoms with Crippen molar-refractivity contribution in [2.45, 2.75) is 24.0 Å². The number of carbonyl (C=O) groups excluding carboxylic acids is 2. The van der Waals surface area contributed by atoms with Crippen molar-refractivity contribution in [3.05, 3.63) is 70.4 Å². The second kappa shape index (κ2) is 11.1. The highest BCUT2D eigenvalue weighted by Crippen LogP contribution is 2.42. The van der Waals surface area contributed by atoms with E-state index in [1.165, 1.54) is 25.1 Å². The highest BCUT2D eigenvalue weighted by atomic mass is 32.2. The van der Waals surface area contributed by atoms with Crippen LogP contribution >= 0.6 is 0 Å². The Bertz CT molecular complexity index is 1540. The topological polar surface area (TPSA) is 155 Å². The molecule has 0 saturated heterocycles. The van der Waals surface area contributed by atoms with Gasteiger partial charge in [0.05, 0.1) is 52.1 Å². The first-order chi connectivity index (χ1) is 18.2. The highest BCUT2D eigenvalue weighted by Gasteiger charge is 2.43. The molecule has 3 rings (SSSR count). The van der Waals surface area contributed by atoms with Crippen molar-refractivity contribution in [3.8, 4) is 12.1 Å². The number of halogens is 3. The van der Waals surface area contributed by atoms with E-state index in [9.17, 15) is 41.7 Å². The second-order valence-corrected chi connectivity index (χ2v) is 10.5. The van der Waals surface area contributed by atoms with Crippen molar-refractivity contribution >= 4 is 27.5 Å². The first kappa shape index (κ1) is 29.2. The van der Waals surface area contributed by atoms with Crippen LogP contribution in [0.2, 0.25) is 0 Å². The number of rotatable bonds is 7. The summed E-state index contributed by atoms with van der Waals surface area (Å²) >= 11 is 0. The number of amides is 3. The van der Waals surface area contributed by atoms with Crippen LogP contribution in [-0.2, 0) is 20.8 Å². The van der Waals surface area contributed by atoms with Gasteiger partial charge in [-0.25, -0.2) is 13.2 Å². The van der Waals surface area contributed by atoms with Gasteiger partial charge in [0.2, 0.25) is 5.91 Å². The van der Waals surface area contributed by atoms with E-state index in [0.29, 0.717) is 6.07 Å². The molecule has 2 N–H and O–H groups in total. The Morgan fingerprint density at radius 2 is 1.85 bits per heavy atom. The minimum atomic E-state index is -4.73. The van der Waals surface area contributed by atoms with E-state index >= 15 is 0 Å². The Morgan fingerprint density at radius 3 is 2.41 bits per heavy atom. The van der Waals surface area contributed by atoms with E-state index in [-0.39, 0.29) is 39.5 Å². The second-order valence-electron chi connectivity index (χ2n) is 8.52. The zero-order valence-electron chi connectivity index (χ0n) is 20.7. The number of anilines is 1. The van der Waals surface area contributed by atoms with Crippen LogP contribution in [-0.4, -0.2) is 56.3 Å². The Kier molecular flexibility index (Phi) is 8.33. The Hall–Kier alpha value is -4.40. The number of urea groups is 1. The summed E-state index contributed by atoms with van der Waals surface area (Å²) in [6.07, 6.45) is -3.86. The number of hydrogen-bond donors (Lipinski definition) is 2. The Labute approximate surface area is 222 Å². The van der Waals surface area contributed by atoms with Gasteiger partial charge in [-0.3, -0.25) is 9.69 Å². The minimum absolute atomic E-state index is 0.0154. The summed E-state index contributed by atoms with van der Waals surface area (Å²) in [5.74, 6) is -0.780. The average Bonchev–Trinajstić information content (AvgIpc) is 2.87. The van der Waals surface area contributed by atoms with E-state index in [2.05, 4.69) is 5.32 Å². The minimum Gasteiger partial charge on any atom is -0.395 e. The third kappa shape index (κ3) is 6.03. The van der Waals surface area contributed by atoms with Gasteiger partial charge in [0.15, 0.2) is 9.84 Å². The standard InChI is InChI=1S/C25H22F3N5O5S/c1-15-20(13-30)23(19-7-6-16(12-29)10-21(19)39(2,37)38)32(14-22(35)31-8-9-34)24(36)33(15)18-5-3-4-17(11-18)25(26,27)28/h3-7,10-11,23,34H,8-9,14H2,1-2H3,(H,31,35)/t23-/m1/s1. The summed E-state index contributed by atoms with van der Waals surface area (Å²) in [6, 6.07) is 8.70. The molecule has 3 amide bonds. The lowest BCUT2D eigenvalue weighted by molar-refractivity contribution is -0.137. The summed E-state index contributed by atoms with van der Waals surface area (Å²) in [4.78, 5) is 27.8. The number of nitrogens with one attached hydrogen (secondary N) is 1. The fourth-order valence-electron chi connectivity index (χ4n) is 4.16. The molecule has 0 aromatic heterocycles. The largest absolute Gasteiger partial charge is 0.416 e. The molecular weight excluding hydrogens is 539 g/mol. The maximum atomic E-state index is 13.8. The first-order valence-electron chi connectivity index (χ1n) is 11.2. The number of allylic oxidation sites excluding steroid dienone is 1. The molecule has 0 radical (unpaired) electrons. The molecule has 1 atom stereocenters. The molecule has 1 aliphatic heterocycles. The van der Waals surface area contributed by atoms with Crippen molar-refractivity contribution in [2.75, 3.05) is 30.9 Å². The zero-order valence-corrected chi connectivity index (χ0v) is 21.5. The average molecular weight is 562 g/mol. The molecule has 0 bridgehead atoms. The van der Waals surface area contributed by atoms with Gasteiger partial charge in [0.1, 0.15) is 6.54 Å². The molecule has 0 spiro atoms. The molecule has 2 aromatic rings. The SMILES string of the molecule is CC1=C(C#N)[C@@H](c2ccc(C#N)cc2S(C)(=O)=O)N(CC(=O)NCCO)C(=O)N1c1cccc(C(F)(F)F)c1. The van der Waals surface area contributed by atoms with E-state index in [0.717, 1.165) is 34.3 Å². The van der Waals surface area contributed by atoms with Crippen LogP contribution in [0.15, 0.2) is 58.6 Å². The van der Waals surface area contributed by atoms with E-state index in [4.69, 9.17) is 5.11 Å². The third-order valence-electron chi connectivity index (χ3n) is 5.88. The summed E-state index contributed by atoms with van der Waals surface area (Å²) in [5, 5.41) is 30.8. The number of benzene rings is 2. The van der Waals surface area contributed by atoms with Crippen molar-refractivity contribution in [1.29, 1.82) is 10.5 Å². The molecule has 0 aliphatic carbocycles. The predicted octanol–water partition coefficient (Wildman–Crippen LogP) is 2.87. The van der Waals surface area contributed by atoms with Crippen LogP contribution in [0.3, 0.4) is 0 Å². The maximum Gasteiger partial charge on any atom is 0.416 e. The lowest BCUT2D eigenvalue weighted by Gasteiger charge is -2.42. The Balaban J connectivity index is 2.32. The number of alkyl halides is 3. The number of nitrogens with zero attached hydrogens (tertiary/aromatic N) is 4. The third-order valence-corrected chi connectivity index (χ3v) is 7.04. The van der Waals surface area contributed by atoms with Gasteiger partial charge in [0.25, 0.3) is 0 Å². The van der Waals surface area contributed by atoms with Gasteiger partial charge in [-0.1, -0.05) is 12.1 Å². The van der Waals surface area contributed by atoms with Crippen molar-refractivity contribution in [3.63, 3.8) is 0 Å². The molecule has 14 heteroatoms. The van der Waals surface area contributed by atoms with Gasteiger partial charge in [-0.15, -0.1) is 0 Å². The number of aliphatic hydroxyl groups is 1. The van der Waals surface area contributed by atoms with Crippen molar-refractivity contribution in [1.82, 2.24) is 10.2 Å². The molecule has 39 heavy (non-hydrogen) atoms. The monoisotopic (exact) mass is 561 g/mol. The highest BCUT2D eigenvalue weighted by molar-refractivity contribution is 7.90. The van der Waals surface area contributed by atoms with Crippen molar-refractivity contribution < 1.29 is 36.3 Å². The summed E-state index contributed by atoms with van der Waals surface area (Å²) in [5.41, 5.74) is -1.68. The number of nitriles is 2. The van der Waals surface area contributed by atoms with Gasteiger partial charge in [-0.05, 0) is 42.8 Å². The fraction of sp³-hybridized carbons (Fsp3) is 0.280. The van der Waals surface area contributed by atoms with Crippen LogP contribution in [0.4, 0.5) is 23.7 Å².